The van der Waals surface area contributed by atoms with Crippen LogP contribution in [-0.4, -0.2) is 23.3 Å². The van der Waals surface area contributed by atoms with Gasteiger partial charge in [-0.25, -0.2) is 0 Å². The van der Waals surface area contributed by atoms with Gasteiger partial charge in [0.25, 0.3) is 0 Å². The maximum atomic E-state index is 12.0. The second-order valence-electron chi connectivity index (χ2n) is 5.26. The number of carbonyl (C=O) groups excluding carboxylic acids is 2. The van der Waals surface area contributed by atoms with Gasteiger partial charge in [-0.2, -0.15) is 0 Å². The average molecular weight is 211 g/mol. The molecule has 0 radical (unpaired) electrons. The Kier molecular flexibility index (Phi) is 3.89. The Labute approximate surface area is 91.8 Å². The quantitative estimate of drug-likeness (QED) is 0.616. The van der Waals surface area contributed by atoms with Gasteiger partial charge in [0.2, 0.25) is 11.8 Å². The molecule has 0 aromatic heterocycles. The molecule has 3 heteroatoms. The first kappa shape index (κ1) is 12.2. The van der Waals surface area contributed by atoms with Crippen molar-refractivity contribution in [2.75, 3.05) is 6.54 Å². The molecule has 0 aromatic carbocycles. The van der Waals surface area contributed by atoms with Gasteiger partial charge in [0.15, 0.2) is 0 Å². The molecule has 0 saturated carbocycles. The average Bonchev–Trinajstić information content (AvgIpc) is 2.10. The van der Waals surface area contributed by atoms with Gasteiger partial charge in [0.05, 0.1) is 0 Å². The summed E-state index contributed by atoms with van der Waals surface area (Å²) in [4.78, 5) is 25.2. The standard InChI is InChI=1S/C12H21NO2/c1-12(2,3)11(15)13-9-7-5-4-6-8-10(13)14/h4-9H2,1-3H3. The summed E-state index contributed by atoms with van der Waals surface area (Å²) in [5.74, 6) is -0.0241. The molecule has 0 N–H and O–H groups in total. The van der Waals surface area contributed by atoms with Crippen LogP contribution in [0, 0.1) is 5.41 Å². The van der Waals surface area contributed by atoms with Crippen molar-refractivity contribution in [3.05, 3.63) is 0 Å². The van der Waals surface area contributed by atoms with Crippen LogP contribution in [0.4, 0.5) is 0 Å². The summed E-state index contributed by atoms with van der Waals surface area (Å²) in [7, 11) is 0. The van der Waals surface area contributed by atoms with Gasteiger partial charge in [0, 0.05) is 18.4 Å². The predicted octanol–water partition coefficient (Wildman–Crippen LogP) is 2.35. The van der Waals surface area contributed by atoms with Gasteiger partial charge in [-0.1, -0.05) is 33.6 Å². The van der Waals surface area contributed by atoms with Gasteiger partial charge >= 0.3 is 0 Å². The van der Waals surface area contributed by atoms with E-state index in [1.165, 1.54) is 4.90 Å². The van der Waals surface area contributed by atoms with Crippen LogP contribution in [0.3, 0.4) is 0 Å². The lowest BCUT2D eigenvalue weighted by Crippen LogP contribution is -2.44. The minimum absolute atomic E-state index is 0.00891. The lowest BCUT2D eigenvalue weighted by atomic mass is 9.93. The molecule has 15 heavy (non-hydrogen) atoms. The Bertz CT molecular complexity index is 253. The maximum Gasteiger partial charge on any atom is 0.234 e. The van der Waals surface area contributed by atoms with E-state index < -0.39 is 5.41 Å². The van der Waals surface area contributed by atoms with Crippen molar-refractivity contribution in [2.24, 2.45) is 5.41 Å². The van der Waals surface area contributed by atoms with E-state index in [1.807, 2.05) is 20.8 Å². The monoisotopic (exact) mass is 211 g/mol. The number of amides is 2. The van der Waals surface area contributed by atoms with Gasteiger partial charge in [0.1, 0.15) is 0 Å². The molecule has 0 spiro atoms. The molecule has 3 nitrogen and oxygen atoms in total. The third kappa shape index (κ3) is 3.33. The van der Waals surface area contributed by atoms with Crippen molar-refractivity contribution in [3.8, 4) is 0 Å². The first-order chi connectivity index (χ1) is 6.93. The van der Waals surface area contributed by atoms with E-state index in [-0.39, 0.29) is 11.8 Å². The summed E-state index contributed by atoms with van der Waals surface area (Å²) in [6.45, 7) is 6.19. The molecule has 0 atom stereocenters. The zero-order valence-corrected chi connectivity index (χ0v) is 10.0. The highest BCUT2D eigenvalue weighted by Crippen LogP contribution is 2.20. The Morgan fingerprint density at radius 2 is 1.73 bits per heavy atom. The summed E-state index contributed by atoms with van der Waals surface area (Å²) < 4.78 is 0. The fourth-order valence-corrected chi connectivity index (χ4v) is 1.78. The molecule has 0 aliphatic carbocycles. The molecule has 0 aromatic rings. The smallest absolute Gasteiger partial charge is 0.234 e. The maximum absolute atomic E-state index is 12.0. The van der Waals surface area contributed by atoms with Gasteiger partial charge in [-0.05, 0) is 12.8 Å². The molecule has 0 unspecified atom stereocenters. The van der Waals surface area contributed by atoms with Crippen LogP contribution < -0.4 is 0 Å². The van der Waals surface area contributed by atoms with Crippen molar-refractivity contribution in [1.29, 1.82) is 0 Å². The Balaban J connectivity index is 2.71. The van der Waals surface area contributed by atoms with E-state index in [0.717, 1.165) is 25.7 Å². The minimum Gasteiger partial charge on any atom is -0.282 e. The van der Waals surface area contributed by atoms with Crippen LogP contribution >= 0.6 is 0 Å². The van der Waals surface area contributed by atoms with Crippen molar-refractivity contribution in [3.63, 3.8) is 0 Å². The summed E-state index contributed by atoms with van der Waals surface area (Å²) in [5.41, 5.74) is -0.450. The molecule has 1 aliphatic rings. The molecule has 1 heterocycles. The molecule has 1 rings (SSSR count). The van der Waals surface area contributed by atoms with Crippen LogP contribution in [-0.2, 0) is 9.59 Å². The number of imide groups is 1. The lowest BCUT2D eigenvalue weighted by molar-refractivity contribution is -0.150. The van der Waals surface area contributed by atoms with Gasteiger partial charge < -0.3 is 0 Å². The zero-order chi connectivity index (χ0) is 11.5. The Hall–Kier alpha value is -0.860. The van der Waals surface area contributed by atoms with E-state index in [1.54, 1.807) is 0 Å². The topological polar surface area (TPSA) is 37.4 Å². The van der Waals surface area contributed by atoms with Gasteiger partial charge in [-0.3, -0.25) is 14.5 Å². The molecule has 0 bridgehead atoms. The summed E-state index contributed by atoms with van der Waals surface area (Å²) in [6, 6.07) is 0. The highest BCUT2D eigenvalue weighted by molar-refractivity contribution is 5.97. The van der Waals surface area contributed by atoms with Crippen LogP contribution in [0.5, 0.6) is 0 Å². The van der Waals surface area contributed by atoms with E-state index in [4.69, 9.17) is 0 Å². The zero-order valence-electron chi connectivity index (χ0n) is 10.0. The fraction of sp³-hybridized carbons (Fsp3) is 0.833. The van der Waals surface area contributed by atoms with Crippen molar-refractivity contribution >= 4 is 11.8 Å². The predicted molar refractivity (Wildman–Crippen MR) is 59.3 cm³/mol. The molecule has 86 valence electrons. The normalized spacial score (nSPS) is 19.7. The van der Waals surface area contributed by atoms with E-state index in [9.17, 15) is 9.59 Å². The highest BCUT2D eigenvalue weighted by Gasteiger charge is 2.31. The summed E-state index contributed by atoms with van der Waals surface area (Å²) >= 11 is 0. The number of hydrogen-bond donors (Lipinski definition) is 0. The number of nitrogens with zero attached hydrogens (tertiary/aromatic N) is 1. The number of likely N-dealkylation sites (tertiary alicyclic amines) is 1. The second-order valence-corrected chi connectivity index (χ2v) is 5.26. The minimum atomic E-state index is -0.450. The third-order valence-corrected chi connectivity index (χ3v) is 2.71. The van der Waals surface area contributed by atoms with Crippen LogP contribution in [0.1, 0.15) is 52.9 Å². The van der Waals surface area contributed by atoms with E-state index in [2.05, 4.69) is 0 Å². The molecular weight excluding hydrogens is 190 g/mol. The summed E-state index contributed by atoms with van der Waals surface area (Å²) in [5, 5.41) is 0. The first-order valence-corrected chi connectivity index (χ1v) is 5.78. The van der Waals surface area contributed by atoms with Crippen molar-refractivity contribution < 1.29 is 9.59 Å². The Morgan fingerprint density at radius 1 is 1.13 bits per heavy atom. The Morgan fingerprint density at radius 3 is 2.33 bits per heavy atom. The number of hydrogen-bond acceptors (Lipinski definition) is 2. The fourth-order valence-electron chi connectivity index (χ4n) is 1.78. The lowest BCUT2D eigenvalue weighted by Gasteiger charge is -2.29. The molecular formula is C12H21NO2. The molecule has 1 saturated heterocycles. The van der Waals surface area contributed by atoms with Crippen molar-refractivity contribution in [2.45, 2.75) is 52.9 Å². The van der Waals surface area contributed by atoms with Crippen LogP contribution in [0.2, 0.25) is 0 Å². The number of carbonyl (C=O) groups is 2. The summed E-state index contributed by atoms with van der Waals surface area (Å²) in [6.07, 6.45) is 4.65. The SMILES string of the molecule is CC(C)(C)C(=O)N1CCCCCCC1=O. The largest absolute Gasteiger partial charge is 0.282 e. The molecule has 1 fully saturated rings. The molecule has 1 aliphatic heterocycles. The van der Waals surface area contributed by atoms with Gasteiger partial charge in [-0.15, -0.1) is 0 Å². The van der Waals surface area contributed by atoms with E-state index >= 15 is 0 Å². The van der Waals surface area contributed by atoms with Crippen molar-refractivity contribution in [1.82, 2.24) is 4.90 Å². The third-order valence-electron chi connectivity index (χ3n) is 2.71. The highest BCUT2D eigenvalue weighted by atomic mass is 16.2. The molecule has 2 amide bonds. The van der Waals surface area contributed by atoms with Crippen LogP contribution in [0.15, 0.2) is 0 Å². The first-order valence-electron chi connectivity index (χ1n) is 5.78. The second kappa shape index (κ2) is 4.77. The number of rotatable bonds is 0. The van der Waals surface area contributed by atoms with Crippen LogP contribution in [0.25, 0.3) is 0 Å². The van der Waals surface area contributed by atoms with E-state index in [0.29, 0.717) is 13.0 Å².